The second-order valence-corrected chi connectivity index (χ2v) is 5.87. The van der Waals surface area contributed by atoms with Gasteiger partial charge in [-0.2, -0.15) is 0 Å². The smallest absolute Gasteiger partial charge is 0.236 e. The molecule has 2 rings (SSSR count). The minimum absolute atomic E-state index is 0.250. The summed E-state index contributed by atoms with van der Waals surface area (Å²) in [5.41, 5.74) is 0. The van der Waals surface area contributed by atoms with Crippen molar-refractivity contribution in [1.29, 1.82) is 0 Å². The Morgan fingerprint density at radius 2 is 2.00 bits per heavy atom. The van der Waals surface area contributed by atoms with Crippen molar-refractivity contribution < 1.29 is 9.90 Å². The van der Waals surface area contributed by atoms with Gasteiger partial charge in [-0.3, -0.25) is 9.69 Å². The van der Waals surface area contributed by atoms with Crippen LogP contribution in [0, 0.1) is 5.92 Å². The molecule has 0 aromatic carbocycles. The molecule has 18 heavy (non-hydrogen) atoms. The number of likely N-dealkylation sites (N-methyl/N-ethyl adjacent to an activating group) is 1. The molecule has 0 aromatic heterocycles. The van der Waals surface area contributed by atoms with E-state index in [2.05, 4.69) is 4.90 Å². The van der Waals surface area contributed by atoms with Crippen LogP contribution in [0.4, 0.5) is 0 Å². The summed E-state index contributed by atoms with van der Waals surface area (Å²) in [6, 6.07) is 0.461. The summed E-state index contributed by atoms with van der Waals surface area (Å²) in [7, 11) is 1.96. The Hall–Kier alpha value is -0.610. The Kier molecular flexibility index (Phi) is 5.01. The van der Waals surface area contributed by atoms with Gasteiger partial charge in [0.2, 0.25) is 5.91 Å². The summed E-state index contributed by atoms with van der Waals surface area (Å²) in [5, 5.41) is 9.11. The molecule has 1 saturated heterocycles. The Bertz CT molecular complexity index is 277. The van der Waals surface area contributed by atoms with E-state index < -0.39 is 0 Å². The summed E-state index contributed by atoms with van der Waals surface area (Å²) in [6.45, 7) is 2.61. The second-order valence-electron chi connectivity index (χ2n) is 5.87. The molecule has 104 valence electrons. The molecule has 0 aromatic rings. The Labute approximate surface area is 110 Å². The van der Waals surface area contributed by atoms with Crippen molar-refractivity contribution in [3.8, 4) is 0 Å². The van der Waals surface area contributed by atoms with Crippen LogP contribution in [0.2, 0.25) is 0 Å². The number of aliphatic hydroxyl groups excluding tert-OH is 1. The van der Waals surface area contributed by atoms with E-state index in [0.717, 1.165) is 19.5 Å². The van der Waals surface area contributed by atoms with E-state index in [1.807, 2.05) is 11.9 Å². The van der Waals surface area contributed by atoms with Crippen molar-refractivity contribution in [2.45, 2.75) is 44.6 Å². The van der Waals surface area contributed by atoms with Crippen LogP contribution in [-0.2, 0) is 4.79 Å². The van der Waals surface area contributed by atoms with Crippen molar-refractivity contribution in [2.24, 2.45) is 5.92 Å². The summed E-state index contributed by atoms with van der Waals surface area (Å²) in [6.07, 6.45) is 7.21. The maximum absolute atomic E-state index is 12.2. The van der Waals surface area contributed by atoms with E-state index in [4.69, 9.17) is 5.11 Å². The highest BCUT2D eigenvalue weighted by Crippen LogP contribution is 2.22. The van der Waals surface area contributed by atoms with Crippen molar-refractivity contribution in [3.05, 3.63) is 0 Å². The molecule has 1 aliphatic heterocycles. The van der Waals surface area contributed by atoms with E-state index in [9.17, 15) is 4.79 Å². The molecular weight excluding hydrogens is 228 g/mol. The third-order valence-electron chi connectivity index (χ3n) is 4.50. The number of nitrogens with zero attached hydrogens (tertiary/aromatic N) is 2. The van der Waals surface area contributed by atoms with Crippen LogP contribution >= 0.6 is 0 Å². The molecule has 2 aliphatic rings. The molecule has 1 unspecified atom stereocenters. The monoisotopic (exact) mass is 254 g/mol. The zero-order valence-corrected chi connectivity index (χ0v) is 11.5. The van der Waals surface area contributed by atoms with Gasteiger partial charge in [0.1, 0.15) is 0 Å². The minimum Gasteiger partial charge on any atom is -0.396 e. The number of rotatable bonds is 4. The first-order valence-electron chi connectivity index (χ1n) is 7.29. The molecule has 1 heterocycles. The highest BCUT2D eigenvalue weighted by atomic mass is 16.3. The fourth-order valence-electron chi connectivity index (χ4n) is 3.18. The molecule has 4 nitrogen and oxygen atoms in total. The van der Waals surface area contributed by atoms with Gasteiger partial charge in [0.25, 0.3) is 0 Å². The molecule has 1 N–H and O–H groups in total. The van der Waals surface area contributed by atoms with Gasteiger partial charge < -0.3 is 10.0 Å². The Balaban J connectivity index is 1.76. The van der Waals surface area contributed by atoms with Crippen LogP contribution in [0.15, 0.2) is 0 Å². The lowest BCUT2D eigenvalue weighted by Crippen LogP contribution is -2.43. The Morgan fingerprint density at radius 1 is 1.28 bits per heavy atom. The average Bonchev–Trinajstić information content (AvgIpc) is 2.86. The molecule has 2 fully saturated rings. The summed E-state index contributed by atoms with van der Waals surface area (Å²) in [4.78, 5) is 16.4. The van der Waals surface area contributed by atoms with Gasteiger partial charge in [0.05, 0.1) is 6.54 Å². The standard InChI is InChI=1S/C14H26N2O2/c1-15(13-5-3-2-4-6-13)14(18)10-16-8-7-12(9-16)11-17/h12-13,17H,2-11H2,1H3. The largest absolute Gasteiger partial charge is 0.396 e. The summed E-state index contributed by atoms with van der Waals surface area (Å²) in [5.74, 6) is 0.623. The number of likely N-dealkylation sites (tertiary alicyclic amines) is 1. The molecule has 4 heteroatoms. The van der Waals surface area contributed by atoms with Crippen molar-refractivity contribution in [1.82, 2.24) is 9.80 Å². The van der Waals surface area contributed by atoms with E-state index in [1.54, 1.807) is 0 Å². The van der Waals surface area contributed by atoms with E-state index in [1.165, 1.54) is 32.1 Å². The number of hydrogen-bond donors (Lipinski definition) is 1. The quantitative estimate of drug-likeness (QED) is 0.817. The molecule has 0 radical (unpaired) electrons. The van der Waals surface area contributed by atoms with Crippen LogP contribution in [-0.4, -0.2) is 60.1 Å². The predicted molar refractivity (Wildman–Crippen MR) is 71.3 cm³/mol. The van der Waals surface area contributed by atoms with Gasteiger partial charge >= 0.3 is 0 Å². The summed E-state index contributed by atoms with van der Waals surface area (Å²) < 4.78 is 0. The van der Waals surface area contributed by atoms with Gasteiger partial charge in [0.15, 0.2) is 0 Å². The van der Waals surface area contributed by atoms with E-state index in [-0.39, 0.29) is 12.5 Å². The van der Waals surface area contributed by atoms with Crippen LogP contribution in [0.1, 0.15) is 38.5 Å². The molecule has 1 atom stereocenters. The Morgan fingerprint density at radius 3 is 2.61 bits per heavy atom. The SMILES string of the molecule is CN(C(=O)CN1CCC(CO)C1)C1CCCCC1. The third-order valence-corrected chi connectivity index (χ3v) is 4.50. The van der Waals surface area contributed by atoms with Gasteiger partial charge in [-0.1, -0.05) is 19.3 Å². The van der Waals surface area contributed by atoms with Crippen LogP contribution in [0.25, 0.3) is 0 Å². The van der Waals surface area contributed by atoms with Gasteiger partial charge in [0, 0.05) is 26.2 Å². The van der Waals surface area contributed by atoms with Gasteiger partial charge in [-0.25, -0.2) is 0 Å². The van der Waals surface area contributed by atoms with Gasteiger partial charge in [-0.05, 0) is 31.7 Å². The molecule has 0 bridgehead atoms. The van der Waals surface area contributed by atoms with Crippen LogP contribution in [0.3, 0.4) is 0 Å². The zero-order valence-electron chi connectivity index (χ0n) is 11.5. The first-order chi connectivity index (χ1) is 8.70. The van der Waals surface area contributed by atoms with E-state index in [0.29, 0.717) is 18.5 Å². The number of carbonyl (C=O) groups excluding carboxylic acids is 1. The van der Waals surface area contributed by atoms with Crippen molar-refractivity contribution in [3.63, 3.8) is 0 Å². The fourth-order valence-corrected chi connectivity index (χ4v) is 3.18. The maximum atomic E-state index is 12.2. The first-order valence-corrected chi connectivity index (χ1v) is 7.29. The van der Waals surface area contributed by atoms with Crippen LogP contribution < -0.4 is 0 Å². The number of carbonyl (C=O) groups is 1. The highest BCUT2D eigenvalue weighted by Gasteiger charge is 2.27. The first kappa shape index (κ1) is 13.8. The van der Waals surface area contributed by atoms with Crippen LogP contribution in [0.5, 0.6) is 0 Å². The maximum Gasteiger partial charge on any atom is 0.236 e. The molecule has 1 amide bonds. The number of aliphatic hydroxyl groups is 1. The molecular formula is C14H26N2O2. The topological polar surface area (TPSA) is 43.8 Å². The second kappa shape index (κ2) is 6.53. The lowest BCUT2D eigenvalue weighted by atomic mass is 9.94. The van der Waals surface area contributed by atoms with Crippen molar-refractivity contribution >= 4 is 5.91 Å². The highest BCUT2D eigenvalue weighted by molar-refractivity contribution is 5.78. The minimum atomic E-state index is 0.250. The summed E-state index contributed by atoms with van der Waals surface area (Å²) >= 11 is 0. The predicted octanol–water partition coefficient (Wildman–Crippen LogP) is 1.09. The van der Waals surface area contributed by atoms with E-state index >= 15 is 0 Å². The average molecular weight is 254 g/mol. The van der Waals surface area contributed by atoms with Gasteiger partial charge in [-0.15, -0.1) is 0 Å². The lowest BCUT2D eigenvalue weighted by molar-refractivity contribution is -0.133. The number of amides is 1. The van der Waals surface area contributed by atoms with Crippen molar-refractivity contribution in [2.75, 3.05) is 33.3 Å². The lowest BCUT2D eigenvalue weighted by Gasteiger charge is -2.32. The fraction of sp³-hybridized carbons (Fsp3) is 0.929. The normalized spacial score (nSPS) is 26.4. The third kappa shape index (κ3) is 3.45. The molecule has 0 spiro atoms. The zero-order chi connectivity index (χ0) is 13.0. The molecule has 1 aliphatic carbocycles. The number of hydrogen-bond acceptors (Lipinski definition) is 3. The molecule has 1 saturated carbocycles.